The highest BCUT2D eigenvalue weighted by atomic mass is 16.3. The van der Waals surface area contributed by atoms with Gasteiger partial charge >= 0.3 is 0 Å². The Morgan fingerprint density at radius 1 is 1.38 bits per heavy atom. The summed E-state index contributed by atoms with van der Waals surface area (Å²) >= 11 is 0. The zero-order valence-corrected chi connectivity index (χ0v) is 10.8. The van der Waals surface area contributed by atoms with Gasteiger partial charge in [-0.1, -0.05) is 26.7 Å². The largest absolute Gasteiger partial charge is 0.388 e. The second kappa shape index (κ2) is 6.04. The van der Waals surface area contributed by atoms with Gasteiger partial charge in [-0.15, -0.1) is 0 Å². The van der Waals surface area contributed by atoms with Crippen LogP contribution in [0.3, 0.4) is 0 Å². The normalized spacial score (nSPS) is 15.4. The molecule has 0 aliphatic carbocycles. The summed E-state index contributed by atoms with van der Waals surface area (Å²) in [5, 5.41) is 14.3. The highest BCUT2D eigenvalue weighted by Gasteiger charge is 2.14. The molecule has 3 heteroatoms. The van der Waals surface area contributed by atoms with Crippen LogP contribution in [0.25, 0.3) is 0 Å². The molecule has 0 saturated heterocycles. The van der Waals surface area contributed by atoms with Gasteiger partial charge in [-0.3, -0.25) is 4.68 Å². The number of nitrogens with zero attached hydrogens (tertiary/aromatic N) is 2. The molecule has 0 radical (unpaired) electrons. The smallest absolute Gasteiger partial charge is 0.0823 e. The lowest BCUT2D eigenvalue weighted by atomic mass is 9.96. The molecule has 1 aromatic heterocycles. The van der Waals surface area contributed by atoms with Crippen LogP contribution in [-0.2, 0) is 0 Å². The van der Waals surface area contributed by atoms with Gasteiger partial charge in [0.2, 0.25) is 0 Å². The Morgan fingerprint density at radius 2 is 2.06 bits per heavy atom. The van der Waals surface area contributed by atoms with Crippen LogP contribution in [0.4, 0.5) is 0 Å². The quantitative estimate of drug-likeness (QED) is 0.805. The Bertz CT molecular complexity index is 307. The van der Waals surface area contributed by atoms with Crippen molar-refractivity contribution in [1.82, 2.24) is 9.78 Å². The third-order valence-corrected chi connectivity index (χ3v) is 2.94. The summed E-state index contributed by atoms with van der Waals surface area (Å²) in [4.78, 5) is 0. The van der Waals surface area contributed by atoms with Crippen molar-refractivity contribution in [3.05, 3.63) is 18.0 Å². The Hall–Kier alpha value is -0.830. The zero-order valence-electron chi connectivity index (χ0n) is 10.8. The van der Waals surface area contributed by atoms with Gasteiger partial charge < -0.3 is 5.11 Å². The van der Waals surface area contributed by atoms with Crippen LogP contribution < -0.4 is 0 Å². The highest BCUT2D eigenvalue weighted by molar-refractivity contribution is 5.08. The Morgan fingerprint density at radius 3 is 2.56 bits per heavy atom. The van der Waals surface area contributed by atoms with Gasteiger partial charge in [0.1, 0.15) is 0 Å². The summed E-state index contributed by atoms with van der Waals surface area (Å²) < 4.78 is 1.89. The van der Waals surface area contributed by atoms with E-state index in [2.05, 4.69) is 32.8 Å². The van der Waals surface area contributed by atoms with E-state index in [0.29, 0.717) is 12.0 Å². The lowest BCUT2D eigenvalue weighted by Gasteiger charge is -2.14. The summed E-state index contributed by atoms with van der Waals surface area (Å²) in [6, 6.07) is 0.356. The summed E-state index contributed by atoms with van der Waals surface area (Å²) in [5.74, 6) is 0.572. The van der Waals surface area contributed by atoms with Crippen molar-refractivity contribution in [2.45, 2.75) is 59.1 Å². The van der Waals surface area contributed by atoms with Crippen molar-refractivity contribution in [2.24, 2.45) is 5.92 Å². The molecular weight excluding hydrogens is 200 g/mol. The molecule has 2 atom stereocenters. The number of aliphatic hydroxyl groups excluding tert-OH is 1. The van der Waals surface area contributed by atoms with Crippen LogP contribution in [0.1, 0.15) is 64.7 Å². The number of rotatable bonds is 6. The lowest BCUT2D eigenvalue weighted by Crippen LogP contribution is -2.04. The molecule has 1 heterocycles. The summed E-state index contributed by atoms with van der Waals surface area (Å²) in [7, 11) is 0. The Kier molecular flexibility index (Phi) is 5.00. The van der Waals surface area contributed by atoms with Crippen LogP contribution in [-0.4, -0.2) is 14.9 Å². The molecule has 2 unspecified atom stereocenters. The second-order valence-corrected chi connectivity index (χ2v) is 4.99. The SMILES string of the molecule is CCCC(C)CC(O)c1cnn(C(C)C)c1. The van der Waals surface area contributed by atoms with E-state index < -0.39 is 0 Å². The van der Waals surface area contributed by atoms with Gasteiger partial charge in [0.25, 0.3) is 0 Å². The summed E-state index contributed by atoms with van der Waals surface area (Å²) in [6.45, 7) is 8.55. The van der Waals surface area contributed by atoms with Gasteiger partial charge in [-0.2, -0.15) is 5.10 Å². The first-order valence-electron chi connectivity index (χ1n) is 6.26. The molecule has 0 aliphatic heterocycles. The van der Waals surface area contributed by atoms with Gasteiger partial charge in [0.15, 0.2) is 0 Å². The van der Waals surface area contributed by atoms with Crippen molar-refractivity contribution in [2.75, 3.05) is 0 Å². The van der Waals surface area contributed by atoms with E-state index in [0.717, 1.165) is 12.0 Å². The lowest BCUT2D eigenvalue weighted by molar-refractivity contribution is 0.145. The van der Waals surface area contributed by atoms with Crippen molar-refractivity contribution < 1.29 is 5.11 Å². The highest BCUT2D eigenvalue weighted by Crippen LogP contribution is 2.23. The molecule has 0 aromatic carbocycles. The van der Waals surface area contributed by atoms with E-state index in [4.69, 9.17) is 0 Å². The van der Waals surface area contributed by atoms with Crippen LogP contribution >= 0.6 is 0 Å². The van der Waals surface area contributed by atoms with E-state index in [1.54, 1.807) is 6.20 Å². The van der Waals surface area contributed by atoms with Crippen LogP contribution in [0.2, 0.25) is 0 Å². The molecule has 0 aliphatic rings. The van der Waals surface area contributed by atoms with Gasteiger partial charge in [-0.25, -0.2) is 0 Å². The third kappa shape index (κ3) is 3.63. The van der Waals surface area contributed by atoms with Gasteiger partial charge in [-0.05, 0) is 26.2 Å². The molecule has 0 bridgehead atoms. The maximum atomic E-state index is 10.1. The summed E-state index contributed by atoms with van der Waals surface area (Å²) in [5.41, 5.74) is 0.941. The standard InChI is InChI=1S/C13H24N2O/c1-5-6-11(4)7-13(16)12-8-14-15(9-12)10(2)3/h8-11,13,16H,5-7H2,1-4H3. The van der Waals surface area contributed by atoms with Crippen LogP contribution in [0.15, 0.2) is 12.4 Å². The number of hydrogen-bond donors (Lipinski definition) is 1. The molecule has 3 nitrogen and oxygen atoms in total. The molecule has 1 N–H and O–H groups in total. The van der Waals surface area contributed by atoms with Gasteiger partial charge in [0.05, 0.1) is 12.3 Å². The minimum absolute atomic E-state index is 0.356. The van der Waals surface area contributed by atoms with E-state index >= 15 is 0 Å². The van der Waals surface area contributed by atoms with E-state index in [-0.39, 0.29) is 6.10 Å². The van der Waals surface area contributed by atoms with E-state index in [1.165, 1.54) is 12.8 Å². The molecule has 0 fully saturated rings. The fourth-order valence-electron chi connectivity index (χ4n) is 1.94. The topological polar surface area (TPSA) is 38.1 Å². The predicted octanol–water partition coefficient (Wildman–Crippen LogP) is 3.32. The average Bonchev–Trinajstić information content (AvgIpc) is 2.66. The van der Waals surface area contributed by atoms with Crippen molar-refractivity contribution in [3.8, 4) is 0 Å². The average molecular weight is 224 g/mol. The fourth-order valence-corrected chi connectivity index (χ4v) is 1.94. The monoisotopic (exact) mass is 224 g/mol. The predicted molar refractivity (Wildman–Crippen MR) is 66.3 cm³/mol. The molecule has 1 aromatic rings. The van der Waals surface area contributed by atoms with Crippen LogP contribution in [0.5, 0.6) is 0 Å². The minimum atomic E-state index is -0.367. The Balaban J connectivity index is 2.55. The molecule has 0 amide bonds. The van der Waals surface area contributed by atoms with Crippen molar-refractivity contribution in [3.63, 3.8) is 0 Å². The first-order valence-corrected chi connectivity index (χ1v) is 6.26. The molecule has 1 rings (SSSR count). The van der Waals surface area contributed by atoms with Gasteiger partial charge in [0, 0.05) is 17.8 Å². The summed E-state index contributed by atoms with van der Waals surface area (Å²) in [6.07, 6.45) is 6.55. The van der Waals surface area contributed by atoms with E-state index in [1.807, 2.05) is 10.9 Å². The zero-order chi connectivity index (χ0) is 12.1. The maximum Gasteiger partial charge on any atom is 0.0823 e. The van der Waals surface area contributed by atoms with E-state index in [9.17, 15) is 5.11 Å². The number of hydrogen-bond acceptors (Lipinski definition) is 2. The molecule has 0 saturated carbocycles. The fraction of sp³-hybridized carbons (Fsp3) is 0.769. The third-order valence-electron chi connectivity index (χ3n) is 2.94. The van der Waals surface area contributed by atoms with Crippen molar-refractivity contribution in [1.29, 1.82) is 0 Å². The minimum Gasteiger partial charge on any atom is -0.388 e. The maximum absolute atomic E-state index is 10.1. The molecule has 16 heavy (non-hydrogen) atoms. The van der Waals surface area contributed by atoms with Crippen molar-refractivity contribution >= 4 is 0 Å². The number of aromatic nitrogens is 2. The molecule has 0 spiro atoms. The first-order chi connectivity index (χ1) is 7.54. The molecule has 92 valence electrons. The first kappa shape index (κ1) is 13.2. The number of aliphatic hydroxyl groups is 1. The van der Waals surface area contributed by atoms with Crippen LogP contribution in [0, 0.1) is 5.92 Å². The second-order valence-electron chi connectivity index (χ2n) is 4.99. The molecular formula is C13H24N2O. The Labute approximate surface area is 98.5 Å².